The van der Waals surface area contributed by atoms with Gasteiger partial charge in [0.2, 0.25) is 0 Å². The molecular weight excluding hydrogens is 442 g/mol. The highest BCUT2D eigenvalue weighted by Crippen LogP contribution is 2.33. The van der Waals surface area contributed by atoms with Gasteiger partial charge in [0, 0.05) is 12.0 Å². The summed E-state index contributed by atoms with van der Waals surface area (Å²) in [7, 11) is 0. The minimum Gasteiger partial charge on any atom is -0.489 e. The number of carbonyl (C=O) groups excluding carboxylic acids is 1. The number of hydrogen-bond donors (Lipinski definition) is 3. The van der Waals surface area contributed by atoms with Crippen LogP contribution in [0, 0.1) is 0 Å². The number of fused-ring (bicyclic) bond motifs is 2. The van der Waals surface area contributed by atoms with Gasteiger partial charge in [0.05, 0.1) is 12.9 Å². The summed E-state index contributed by atoms with van der Waals surface area (Å²) in [6.07, 6.45) is -1.43. The third kappa shape index (κ3) is 3.91. The largest absolute Gasteiger partial charge is 0.489 e. The summed E-state index contributed by atoms with van der Waals surface area (Å²) in [5.74, 6) is 0.577. The highest BCUT2D eigenvalue weighted by atomic mass is 16.6. The lowest BCUT2D eigenvalue weighted by Crippen LogP contribution is -2.35. The highest BCUT2D eigenvalue weighted by molar-refractivity contribution is 5.84. The quantitative estimate of drug-likeness (QED) is 0.457. The minimum absolute atomic E-state index is 0.00121. The van der Waals surface area contributed by atoms with Crippen molar-refractivity contribution in [2.45, 2.75) is 37.9 Å². The van der Waals surface area contributed by atoms with Gasteiger partial charge in [-0.2, -0.15) is 15.1 Å². The number of nitrogens with zero attached hydrogens (tertiary/aromatic N) is 6. The molecule has 4 heterocycles. The summed E-state index contributed by atoms with van der Waals surface area (Å²) in [6, 6.07) is 7.71. The van der Waals surface area contributed by atoms with Gasteiger partial charge in [0.15, 0.2) is 23.5 Å². The van der Waals surface area contributed by atoms with Crippen LogP contribution in [0.15, 0.2) is 46.4 Å². The van der Waals surface area contributed by atoms with Gasteiger partial charge in [0.1, 0.15) is 36.2 Å². The van der Waals surface area contributed by atoms with Crippen LogP contribution in [0.4, 0.5) is 11.8 Å². The highest BCUT2D eigenvalue weighted by Gasteiger charge is 2.47. The number of carbonyl (C=O) groups is 1. The van der Waals surface area contributed by atoms with E-state index in [0.717, 1.165) is 16.9 Å². The Morgan fingerprint density at radius 2 is 2.09 bits per heavy atom. The van der Waals surface area contributed by atoms with E-state index in [1.165, 1.54) is 10.9 Å². The van der Waals surface area contributed by atoms with Gasteiger partial charge in [-0.15, -0.1) is 5.11 Å². The van der Waals surface area contributed by atoms with E-state index in [1.54, 1.807) is 6.92 Å². The van der Waals surface area contributed by atoms with Crippen molar-refractivity contribution in [1.82, 2.24) is 19.5 Å². The van der Waals surface area contributed by atoms with Crippen LogP contribution in [-0.4, -0.2) is 67.0 Å². The number of imidazole rings is 1. The number of aromatic nitrogens is 4. The smallest absolute Gasteiger partial charge is 0.272 e. The number of nitrogen functional groups attached to an aromatic ring is 1. The van der Waals surface area contributed by atoms with Crippen LogP contribution in [0.2, 0.25) is 0 Å². The van der Waals surface area contributed by atoms with Gasteiger partial charge in [0.25, 0.3) is 5.95 Å². The molecular formula is C22H23N7O5. The van der Waals surface area contributed by atoms with Gasteiger partial charge >= 0.3 is 0 Å². The molecule has 1 fully saturated rings. The number of ketones is 1. The molecule has 0 amide bonds. The molecule has 1 saturated heterocycles. The Morgan fingerprint density at radius 1 is 1.26 bits per heavy atom. The molecule has 2 aliphatic heterocycles. The van der Waals surface area contributed by atoms with Crippen LogP contribution in [0.1, 0.15) is 25.1 Å². The lowest BCUT2D eigenvalue weighted by atomic mass is 10.1. The molecule has 2 aliphatic rings. The Morgan fingerprint density at radius 3 is 2.91 bits per heavy atom. The van der Waals surface area contributed by atoms with Crippen molar-refractivity contribution >= 4 is 34.8 Å². The van der Waals surface area contributed by atoms with E-state index < -0.39 is 24.5 Å². The number of aliphatic hydroxyl groups excluding tert-OH is 2. The number of hydrogen-bond acceptors (Lipinski definition) is 11. The first kappa shape index (κ1) is 22.1. The number of para-hydroxylation sites is 1. The number of azo groups is 1. The Labute approximate surface area is 193 Å². The van der Waals surface area contributed by atoms with Crippen molar-refractivity contribution in [2.75, 3.05) is 18.9 Å². The molecule has 1 aromatic carbocycles. The van der Waals surface area contributed by atoms with E-state index in [2.05, 4.69) is 25.2 Å². The summed E-state index contributed by atoms with van der Waals surface area (Å²) in [5, 5.41) is 29.0. The average molecular weight is 465 g/mol. The van der Waals surface area contributed by atoms with Crippen LogP contribution in [-0.2, 0) is 9.53 Å². The molecule has 0 saturated carbocycles. The van der Waals surface area contributed by atoms with Crippen molar-refractivity contribution in [3.63, 3.8) is 0 Å². The molecule has 0 unspecified atom stereocenters. The average Bonchev–Trinajstić information content (AvgIpc) is 3.40. The van der Waals surface area contributed by atoms with Crippen molar-refractivity contribution in [3.05, 3.63) is 41.7 Å². The van der Waals surface area contributed by atoms with Crippen LogP contribution in [0.25, 0.3) is 17.2 Å². The first-order chi connectivity index (χ1) is 16.5. The topological polar surface area (TPSA) is 170 Å². The first-order valence-electron chi connectivity index (χ1n) is 10.8. The number of ether oxygens (including phenoxy) is 2. The summed E-state index contributed by atoms with van der Waals surface area (Å²) in [5.41, 5.74) is 8.44. The van der Waals surface area contributed by atoms with E-state index in [1.807, 2.05) is 30.3 Å². The van der Waals surface area contributed by atoms with E-state index in [4.69, 9.17) is 15.2 Å². The van der Waals surface area contributed by atoms with Crippen molar-refractivity contribution < 1.29 is 24.5 Å². The Bertz CT molecular complexity index is 1300. The van der Waals surface area contributed by atoms with Crippen molar-refractivity contribution in [1.29, 1.82) is 0 Å². The number of anilines is 1. The molecule has 0 spiro atoms. The fourth-order valence-corrected chi connectivity index (χ4v) is 3.96. The fraction of sp³-hybridized carbons (Fsp3) is 0.364. The molecule has 0 aliphatic carbocycles. The monoisotopic (exact) mass is 465 g/mol. The maximum atomic E-state index is 12.1. The lowest BCUT2D eigenvalue weighted by molar-refractivity contribution is -0.135. The predicted molar refractivity (Wildman–Crippen MR) is 120 cm³/mol. The second-order valence-electron chi connectivity index (χ2n) is 8.01. The first-order valence-corrected chi connectivity index (χ1v) is 10.8. The normalized spacial score (nSPS) is 24.3. The van der Waals surface area contributed by atoms with Gasteiger partial charge in [-0.25, -0.2) is 4.98 Å². The van der Waals surface area contributed by atoms with Gasteiger partial charge < -0.3 is 25.4 Å². The summed E-state index contributed by atoms with van der Waals surface area (Å²) in [6.45, 7) is 2.35. The molecule has 2 aromatic heterocycles. The second-order valence-corrected chi connectivity index (χ2v) is 8.01. The standard InChI is InChI=1S/C22H23N7O5/c1-2-13(30)18-16(31)17(32)21(34-18)29-10-24-15-19(23)26-22(27-20(15)29)28-25-8-11-7-12-5-3-4-6-14(12)33-9-11/h3-7,10,16-18,21,31-32H,2,8-9H2,1H3,(H2,23,26,27)/t16-,17+,18+,21+/m0/s1. The van der Waals surface area contributed by atoms with E-state index in [9.17, 15) is 15.0 Å². The zero-order chi connectivity index (χ0) is 23.8. The number of rotatable bonds is 6. The lowest BCUT2D eigenvalue weighted by Gasteiger charge is -2.16. The predicted octanol–water partition coefficient (Wildman–Crippen LogP) is 1.57. The minimum atomic E-state index is -1.37. The third-order valence-corrected chi connectivity index (χ3v) is 5.74. The SMILES string of the molecule is CCC(=O)[C@H]1O[C@@H](n2cnc3c(N)nc(N=NCC4=Cc5ccccc5OC4)nc32)[C@H](O)[C@@H]1O. The zero-order valence-corrected chi connectivity index (χ0v) is 18.3. The number of nitrogens with two attached hydrogens (primary N) is 1. The van der Waals surface area contributed by atoms with Gasteiger partial charge in [-0.05, 0) is 17.7 Å². The zero-order valence-electron chi connectivity index (χ0n) is 18.3. The Hall–Kier alpha value is -3.74. The molecule has 12 heteroatoms. The molecule has 176 valence electrons. The number of aliphatic hydroxyl groups is 2. The van der Waals surface area contributed by atoms with E-state index in [0.29, 0.717) is 6.61 Å². The van der Waals surface area contributed by atoms with Crippen LogP contribution < -0.4 is 10.5 Å². The molecule has 4 atom stereocenters. The van der Waals surface area contributed by atoms with Crippen LogP contribution >= 0.6 is 0 Å². The van der Waals surface area contributed by atoms with E-state index in [-0.39, 0.29) is 41.7 Å². The van der Waals surface area contributed by atoms with Crippen molar-refractivity contribution in [3.8, 4) is 5.75 Å². The number of Topliss-reactive ketones (excluding diaryl/α,β-unsaturated/α-hetero) is 1. The molecule has 3 aromatic rings. The molecule has 4 N–H and O–H groups in total. The van der Waals surface area contributed by atoms with E-state index >= 15 is 0 Å². The molecule has 12 nitrogen and oxygen atoms in total. The summed E-state index contributed by atoms with van der Waals surface area (Å²) < 4.78 is 12.8. The number of benzene rings is 1. The van der Waals surface area contributed by atoms with Crippen LogP contribution in [0.3, 0.4) is 0 Å². The Balaban J connectivity index is 1.39. The Kier molecular flexibility index (Phi) is 5.77. The van der Waals surface area contributed by atoms with Crippen LogP contribution in [0.5, 0.6) is 5.75 Å². The third-order valence-electron chi connectivity index (χ3n) is 5.74. The molecule has 0 bridgehead atoms. The van der Waals surface area contributed by atoms with Gasteiger partial charge in [-0.3, -0.25) is 9.36 Å². The second kappa shape index (κ2) is 8.89. The molecule has 5 rings (SSSR count). The van der Waals surface area contributed by atoms with Crippen molar-refractivity contribution in [2.24, 2.45) is 10.2 Å². The maximum Gasteiger partial charge on any atom is 0.272 e. The molecule has 34 heavy (non-hydrogen) atoms. The summed E-state index contributed by atoms with van der Waals surface area (Å²) in [4.78, 5) is 24.7. The fourth-order valence-electron chi connectivity index (χ4n) is 3.96. The van der Waals surface area contributed by atoms with Gasteiger partial charge in [-0.1, -0.05) is 25.1 Å². The molecule has 0 radical (unpaired) electrons. The maximum absolute atomic E-state index is 12.1. The summed E-state index contributed by atoms with van der Waals surface area (Å²) >= 11 is 0.